The molecule has 310 valence electrons. The number of anilines is 3. The first-order valence-corrected chi connectivity index (χ1v) is 23.1. The zero-order valence-electron chi connectivity index (χ0n) is 36.7. The number of rotatable bonds is 4. The fourth-order valence-corrected chi connectivity index (χ4v) is 12.1. The Morgan fingerprint density at radius 1 is 0.333 bits per heavy atom. The van der Waals surface area contributed by atoms with E-state index >= 15 is 0 Å². The monoisotopic (exact) mass is 841 g/mol. The van der Waals surface area contributed by atoms with Gasteiger partial charge in [0.2, 0.25) is 0 Å². The lowest BCUT2D eigenvalue weighted by Gasteiger charge is -2.40. The quantitative estimate of drug-likeness (QED) is 0.175. The van der Waals surface area contributed by atoms with Crippen LogP contribution in [0.3, 0.4) is 0 Å². The summed E-state index contributed by atoms with van der Waals surface area (Å²) < 4.78 is 7.22. The van der Waals surface area contributed by atoms with E-state index in [-0.39, 0.29) is 5.41 Å². The van der Waals surface area contributed by atoms with E-state index in [9.17, 15) is 0 Å². The molecule has 1 heterocycles. The van der Waals surface area contributed by atoms with Crippen molar-refractivity contribution in [1.82, 2.24) is 0 Å². The largest absolute Gasteiger partial charge is 0.455 e. The van der Waals surface area contributed by atoms with Gasteiger partial charge < -0.3 is 9.64 Å². The average molecular weight is 842 g/mol. The molecule has 0 fully saturated rings. The third kappa shape index (κ3) is 5.01. The molecule has 0 N–H and O–H groups in total. The Bertz CT molecular complexity index is 3770. The van der Waals surface area contributed by atoms with Crippen LogP contribution >= 0.6 is 0 Å². The molecule has 11 aromatic rings. The summed E-state index contributed by atoms with van der Waals surface area (Å²) in [5.74, 6) is 1.86. The van der Waals surface area contributed by atoms with Gasteiger partial charge in [0.15, 0.2) is 0 Å². The van der Waals surface area contributed by atoms with E-state index in [1.54, 1.807) is 0 Å². The van der Waals surface area contributed by atoms with Gasteiger partial charge in [-0.1, -0.05) is 202 Å². The zero-order chi connectivity index (χ0) is 43.7. The molecule has 2 heteroatoms. The molecule has 14 rings (SSSR count). The maximum absolute atomic E-state index is 7.22. The van der Waals surface area contributed by atoms with Crippen LogP contribution in [-0.4, -0.2) is 0 Å². The van der Waals surface area contributed by atoms with Gasteiger partial charge in [-0.25, -0.2) is 0 Å². The number of benzene rings is 11. The predicted molar refractivity (Wildman–Crippen MR) is 274 cm³/mol. The molecule has 0 atom stereocenters. The number of hydrogen-bond acceptors (Lipinski definition) is 2. The number of para-hydroxylation sites is 1. The number of fused-ring (bicyclic) bond motifs is 17. The van der Waals surface area contributed by atoms with Crippen molar-refractivity contribution >= 4 is 49.4 Å². The van der Waals surface area contributed by atoms with Crippen LogP contribution in [0, 0.1) is 0 Å². The first-order chi connectivity index (χ1) is 32.5. The molecule has 0 saturated heterocycles. The van der Waals surface area contributed by atoms with E-state index in [1.807, 2.05) is 0 Å². The first kappa shape index (κ1) is 37.2. The third-order valence-corrected chi connectivity index (χ3v) is 15.1. The Labute approximate surface area is 384 Å². The van der Waals surface area contributed by atoms with Gasteiger partial charge >= 0.3 is 0 Å². The maximum Gasteiger partial charge on any atom is 0.140 e. The highest BCUT2D eigenvalue weighted by Crippen LogP contribution is 2.64. The molecule has 0 aromatic heterocycles. The second kappa shape index (κ2) is 13.7. The zero-order valence-corrected chi connectivity index (χ0v) is 36.7. The van der Waals surface area contributed by atoms with E-state index < -0.39 is 5.41 Å². The van der Waals surface area contributed by atoms with Crippen LogP contribution in [0.1, 0.15) is 47.2 Å². The molecule has 0 unspecified atom stereocenters. The van der Waals surface area contributed by atoms with Crippen LogP contribution in [0.15, 0.2) is 224 Å². The van der Waals surface area contributed by atoms with E-state index in [1.165, 1.54) is 88.3 Å². The van der Waals surface area contributed by atoms with Gasteiger partial charge in [-0.15, -0.1) is 0 Å². The van der Waals surface area contributed by atoms with Gasteiger partial charge in [0.25, 0.3) is 0 Å². The minimum absolute atomic E-state index is 0.139. The highest BCUT2D eigenvalue weighted by atomic mass is 16.5. The van der Waals surface area contributed by atoms with E-state index in [0.29, 0.717) is 0 Å². The van der Waals surface area contributed by atoms with Crippen LogP contribution in [0.5, 0.6) is 11.5 Å². The van der Waals surface area contributed by atoms with E-state index in [4.69, 9.17) is 4.74 Å². The molecule has 0 amide bonds. The smallest absolute Gasteiger partial charge is 0.140 e. The molecule has 0 saturated carbocycles. The van der Waals surface area contributed by atoms with E-state index in [2.05, 4.69) is 243 Å². The van der Waals surface area contributed by atoms with Crippen molar-refractivity contribution in [2.45, 2.75) is 24.7 Å². The van der Waals surface area contributed by atoms with Gasteiger partial charge in [0, 0.05) is 44.3 Å². The number of hydrogen-bond donors (Lipinski definition) is 0. The normalized spacial score (nSPS) is 14.3. The Hall–Kier alpha value is -8.20. The summed E-state index contributed by atoms with van der Waals surface area (Å²) in [6.45, 7) is 4.73. The summed E-state index contributed by atoms with van der Waals surface area (Å²) in [5, 5.41) is 7.02. The Kier molecular flexibility index (Phi) is 7.70. The Morgan fingerprint density at radius 3 is 1.56 bits per heavy atom. The SMILES string of the molecule is CC1(C)c2ccccc2-c2ccc(N(c3ccc4ccccc4c3)c3ccccc3-c3ccc4c(c3)-c3ccccc3C43c4ccc5ccccc5c4Oc4c3ccc3ccccc43)cc21. The number of nitrogens with zero attached hydrogens (tertiary/aromatic N) is 1. The maximum atomic E-state index is 7.22. The van der Waals surface area contributed by atoms with Gasteiger partial charge in [0.1, 0.15) is 11.5 Å². The van der Waals surface area contributed by atoms with Crippen LogP contribution in [-0.2, 0) is 10.8 Å². The average Bonchev–Trinajstić information content (AvgIpc) is 3.78. The fraction of sp³-hybridized carbons (Fsp3) is 0.0625. The molecular formula is C64H43NO. The van der Waals surface area contributed by atoms with Crippen molar-refractivity contribution in [2.24, 2.45) is 0 Å². The Balaban J connectivity index is 1.00. The summed E-state index contributed by atoms with van der Waals surface area (Å²) >= 11 is 0. The van der Waals surface area contributed by atoms with Crippen molar-refractivity contribution in [1.29, 1.82) is 0 Å². The molecule has 2 aliphatic carbocycles. The van der Waals surface area contributed by atoms with Crippen LogP contribution in [0.2, 0.25) is 0 Å². The van der Waals surface area contributed by atoms with Crippen molar-refractivity contribution < 1.29 is 4.74 Å². The van der Waals surface area contributed by atoms with Crippen molar-refractivity contribution in [3.05, 3.63) is 258 Å². The molecule has 11 aromatic carbocycles. The van der Waals surface area contributed by atoms with E-state index in [0.717, 1.165) is 39.3 Å². The van der Waals surface area contributed by atoms with Crippen LogP contribution in [0.25, 0.3) is 65.7 Å². The lowest BCUT2D eigenvalue weighted by molar-refractivity contribution is 0.447. The molecule has 0 radical (unpaired) electrons. The highest BCUT2D eigenvalue weighted by molar-refractivity contribution is 6.01. The second-order valence-corrected chi connectivity index (χ2v) is 18.8. The number of ether oxygens (including phenoxy) is 1. The van der Waals surface area contributed by atoms with Gasteiger partial charge in [-0.2, -0.15) is 0 Å². The topological polar surface area (TPSA) is 12.5 Å². The fourth-order valence-electron chi connectivity index (χ4n) is 12.1. The molecular weight excluding hydrogens is 799 g/mol. The molecule has 0 bridgehead atoms. The van der Waals surface area contributed by atoms with Crippen molar-refractivity contribution in [2.75, 3.05) is 4.90 Å². The second-order valence-electron chi connectivity index (χ2n) is 18.8. The van der Waals surface area contributed by atoms with Crippen LogP contribution < -0.4 is 9.64 Å². The van der Waals surface area contributed by atoms with Crippen molar-refractivity contribution in [3.8, 4) is 44.9 Å². The van der Waals surface area contributed by atoms with Gasteiger partial charge in [-0.3, -0.25) is 0 Å². The molecule has 1 aliphatic heterocycles. The third-order valence-electron chi connectivity index (χ3n) is 15.1. The molecule has 1 spiro atoms. The summed E-state index contributed by atoms with van der Waals surface area (Å²) in [5.41, 5.74) is 17.7. The molecule has 3 aliphatic rings. The minimum Gasteiger partial charge on any atom is -0.455 e. The van der Waals surface area contributed by atoms with Gasteiger partial charge in [-0.05, 0) is 108 Å². The highest BCUT2D eigenvalue weighted by Gasteiger charge is 2.52. The summed E-state index contributed by atoms with van der Waals surface area (Å²) in [7, 11) is 0. The molecule has 66 heavy (non-hydrogen) atoms. The summed E-state index contributed by atoms with van der Waals surface area (Å²) in [6.07, 6.45) is 0. The lowest BCUT2D eigenvalue weighted by atomic mass is 9.65. The molecule has 2 nitrogen and oxygen atoms in total. The predicted octanol–water partition coefficient (Wildman–Crippen LogP) is 17.1. The van der Waals surface area contributed by atoms with Gasteiger partial charge in [0.05, 0.1) is 11.1 Å². The standard InChI is InChI=1S/C64H43NO/c1-63(2)54-24-12-9-22-50(54)52-33-32-46(39-59(52)63)65(45-31-27-40-15-3-4-18-43(40)37-45)60-26-14-11-19-47(60)44-30-34-56-53(38-44)51-23-10-13-25-55(51)64(56)57-35-28-41-16-5-7-20-48(41)61(57)66-62-49-21-8-6-17-42(49)29-36-58(62)64/h3-39H,1-2H3. The summed E-state index contributed by atoms with van der Waals surface area (Å²) in [6, 6.07) is 83.3. The van der Waals surface area contributed by atoms with Crippen LogP contribution in [0.4, 0.5) is 17.1 Å². The van der Waals surface area contributed by atoms with Crippen molar-refractivity contribution in [3.63, 3.8) is 0 Å². The minimum atomic E-state index is -0.604. The lowest BCUT2D eigenvalue weighted by Crippen LogP contribution is -2.32. The first-order valence-electron chi connectivity index (χ1n) is 23.1. The summed E-state index contributed by atoms with van der Waals surface area (Å²) in [4.78, 5) is 2.48. The Morgan fingerprint density at radius 2 is 0.833 bits per heavy atom.